The maximum Gasteiger partial charge on any atom is 0.243 e. The molecule has 0 unspecified atom stereocenters. The Morgan fingerprint density at radius 2 is 1.80 bits per heavy atom. The van der Waals surface area contributed by atoms with E-state index in [1.54, 1.807) is 35.7 Å². The molecule has 0 radical (unpaired) electrons. The van der Waals surface area contributed by atoms with Crippen LogP contribution < -0.4 is 10.1 Å². The van der Waals surface area contributed by atoms with E-state index in [0.717, 1.165) is 13.0 Å². The number of hydrogen-bond donors (Lipinski definition) is 1. The molecule has 7 nitrogen and oxygen atoms in total. The second kappa shape index (κ2) is 8.13. The average Bonchev–Trinajstić information content (AvgIpc) is 3.51. The van der Waals surface area contributed by atoms with Gasteiger partial charge in [-0.1, -0.05) is 13.8 Å². The van der Waals surface area contributed by atoms with Gasteiger partial charge in [0, 0.05) is 19.6 Å². The fraction of sp³-hybridized carbons (Fsp3) is 0.682. The molecule has 3 fully saturated rings. The fourth-order valence-electron chi connectivity index (χ4n) is 4.73. The van der Waals surface area contributed by atoms with Gasteiger partial charge in [-0.05, 0) is 68.2 Å². The first-order valence-electron chi connectivity index (χ1n) is 11.0. The summed E-state index contributed by atoms with van der Waals surface area (Å²) in [5, 5.41) is 3.64. The number of hydrogen-bond acceptors (Lipinski definition) is 5. The van der Waals surface area contributed by atoms with Crippen LogP contribution in [0.5, 0.6) is 5.75 Å². The second-order valence-electron chi connectivity index (χ2n) is 9.33. The Morgan fingerprint density at radius 3 is 2.33 bits per heavy atom. The number of piperidine rings is 1. The molecular formula is C22H33N3O4S. The van der Waals surface area contributed by atoms with E-state index >= 15 is 0 Å². The summed E-state index contributed by atoms with van der Waals surface area (Å²) >= 11 is 0. The smallest absolute Gasteiger partial charge is 0.243 e. The molecule has 2 heterocycles. The number of amides is 1. The van der Waals surface area contributed by atoms with Gasteiger partial charge in [-0.25, -0.2) is 8.42 Å². The van der Waals surface area contributed by atoms with Crippen LogP contribution in [0, 0.1) is 11.8 Å². The molecule has 166 valence electrons. The predicted octanol–water partition coefficient (Wildman–Crippen LogP) is 2.43. The number of carbonyl (C=O) groups is 1. The maximum atomic E-state index is 13.2. The molecule has 1 atom stereocenters. The topological polar surface area (TPSA) is 79.0 Å². The van der Waals surface area contributed by atoms with Gasteiger partial charge in [0.2, 0.25) is 15.9 Å². The number of benzene rings is 1. The van der Waals surface area contributed by atoms with Gasteiger partial charge in [0.05, 0.1) is 23.7 Å². The third-order valence-electron chi connectivity index (χ3n) is 6.62. The van der Waals surface area contributed by atoms with Crippen LogP contribution >= 0.6 is 0 Å². The van der Waals surface area contributed by atoms with Gasteiger partial charge >= 0.3 is 0 Å². The zero-order valence-corrected chi connectivity index (χ0v) is 19.0. The van der Waals surface area contributed by atoms with Crippen molar-refractivity contribution in [2.45, 2.75) is 62.6 Å². The molecule has 1 spiro atoms. The molecule has 1 saturated carbocycles. The highest BCUT2D eigenvalue weighted by atomic mass is 32.2. The molecule has 30 heavy (non-hydrogen) atoms. The summed E-state index contributed by atoms with van der Waals surface area (Å²) in [5.74, 6) is 1.86. The van der Waals surface area contributed by atoms with Crippen LogP contribution in [0.15, 0.2) is 29.2 Å². The Labute approximate surface area is 179 Å². The number of carbonyl (C=O) groups excluding carboxylic acids is 1. The quantitative estimate of drug-likeness (QED) is 0.712. The minimum Gasteiger partial charge on any atom is -0.497 e. The highest BCUT2D eigenvalue weighted by Crippen LogP contribution is 2.39. The van der Waals surface area contributed by atoms with Crippen LogP contribution in [0.2, 0.25) is 0 Å². The van der Waals surface area contributed by atoms with E-state index in [2.05, 4.69) is 24.1 Å². The van der Waals surface area contributed by atoms with Crippen molar-refractivity contribution in [2.24, 2.45) is 11.8 Å². The van der Waals surface area contributed by atoms with Gasteiger partial charge in [-0.15, -0.1) is 0 Å². The van der Waals surface area contributed by atoms with Gasteiger partial charge in [0.1, 0.15) is 5.75 Å². The van der Waals surface area contributed by atoms with Crippen LogP contribution in [-0.2, 0) is 14.8 Å². The van der Waals surface area contributed by atoms with Gasteiger partial charge in [0.15, 0.2) is 0 Å². The van der Waals surface area contributed by atoms with E-state index in [4.69, 9.17) is 4.74 Å². The summed E-state index contributed by atoms with van der Waals surface area (Å²) in [7, 11) is -2.00. The van der Waals surface area contributed by atoms with Gasteiger partial charge < -0.3 is 9.64 Å². The van der Waals surface area contributed by atoms with Gasteiger partial charge in [0.25, 0.3) is 0 Å². The maximum absolute atomic E-state index is 13.2. The number of sulfonamides is 1. The zero-order valence-electron chi connectivity index (χ0n) is 18.1. The van der Waals surface area contributed by atoms with E-state index in [1.807, 2.05) is 0 Å². The molecule has 1 aliphatic carbocycles. The number of nitrogens with zero attached hydrogens (tertiary/aromatic N) is 2. The summed E-state index contributed by atoms with van der Waals surface area (Å²) in [6, 6.07) is 6.36. The number of nitrogens with one attached hydrogen (secondary N) is 1. The first-order valence-corrected chi connectivity index (χ1v) is 12.4. The van der Waals surface area contributed by atoms with Crippen molar-refractivity contribution >= 4 is 15.9 Å². The first kappa shape index (κ1) is 21.6. The summed E-state index contributed by atoms with van der Waals surface area (Å²) in [4.78, 5) is 15.5. The minimum atomic E-state index is -3.56. The molecule has 4 rings (SSSR count). The molecule has 0 aromatic heterocycles. The number of ether oxygens (including phenoxy) is 1. The zero-order chi connectivity index (χ0) is 21.5. The summed E-state index contributed by atoms with van der Waals surface area (Å²) in [6.45, 7) is 5.88. The Bertz CT molecular complexity index is 872. The van der Waals surface area contributed by atoms with Crippen LogP contribution in [0.3, 0.4) is 0 Å². The standard InChI is InChI=1S/C22H33N3O4S/c1-16(2)14-20-21(26)25(15-17-4-5-17)22(23-20)10-12-24(13-11-22)30(27,28)19-8-6-18(29-3)7-9-19/h6-9,16-17,20,23H,4-5,10-15H2,1-3H3/t20-/m1/s1. The van der Waals surface area contributed by atoms with E-state index < -0.39 is 15.7 Å². The Balaban J connectivity index is 1.50. The Kier molecular flexibility index (Phi) is 5.85. The molecule has 1 aromatic carbocycles. The third-order valence-corrected chi connectivity index (χ3v) is 8.53. The van der Waals surface area contributed by atoms with Gasteiger partial charge in [-0.3, -0.25) is 10.1 Å². The first-order chi connectivity index (χ1) is 14.2. The van der Waals surface area contributed by atoms with Gasteiger partial charge in [-0.2, -0.15) is 4.31 Å². The number of methoxy groups -OCH3 is 1. The lowest BCUT2D eigenvalue weighted by Gasteiger charge is -2.44. The van der Waals surface area contributed by atoms with Crippen molar-refractivity contribution in [1.82, 2.24) is 14.5 Å². The summed E-state index contributed by atoms with van der Waals surface area (Å²) in [5.41, 5.74) is -0.412. The van der Waals surface area contributed by atoms with Crippen molar-refractivity contribution in [2.75, 3.05) is 26.7 Å². The lowest BCUT2D eigenvalue weighted by Crippen LogP contribution is -2.59. The Hall–Kier alpha value is -1.64. The highest BCUT2D eigenvalue weighted by molar-refractivity contribution is 7.89. The van der Waals surface area contributed by atoms with Crippen molar-refractivity contribution < 1.29 is 17.9 Å². The molecule has 1 aromatic rings. The fourth-order valence-corrected chi connectivity index (χ4v) is 6.17. The van der Waals surface area contributed by atoms with Crippen LogP contribution in [0.1, 0.15) is 46.0 Å². The summed E-state index contributed by atoms with van der Waals surface area (Å²) < 4.78 is 32.9. The molecule has 1 amide bonds. The van der Waals surface area contributed by atoms with Crippen molar-refractivity contribution in [3.63, 3.8) is 0 Å². The monoisotopic (exact) mass is 435 g/mol. The van der Waals surface area contributed by atoms with Crippen molar-refractivity contribution in [3.05, 3.63) is 24.3 Å². The highest BCUT2D eigenvalue weighted by Gasteiger charge is 2.53. The average molecular weight is 436 g/mol. The van der Waals surface area contributed by atoms with Crippen molar-refractivity contribution in [3.8, 4) is 5.75 Å². The van der Waals surface area contributed by atoms with E-state index in [9.17, 15) is 13.2 Å². The van der Waals surface area contributed by atoms with Crippen LogP contribution in [0.25, 0.3) is 0 Å². The minimum absolute atomic E-state index is 0.159. The number of rotatable bonds is 7. The molecule has 8 heteroatoms. The van der Waals surface area contributed by atoms with E-state index in [0.29, 0.717) is 43.5 Å². The summed E-state index contributed by atoms with van der Waals surface area (Å²) in [6.07, 6.45) is 4.43. The predicted molar refractivity (Wildman–Crippen MR) is 115 cm³/mol. The third kappa shape index (κ3) is 4.09. The molecular weight excluding hydrogens is 402 g/mol. The van der Waals surface area contributed by atoms with Crippen molar-refractivity contribution in [1.29, 1.82) is 0 Å². The largest absolute Gasteiger partial charge is 0.497 e. The lowest BCUT2D eigenvalue weighted by atomic mass is 9.96. The lowest BCUT2D eigenvalue weighted by molar-refractivity contribution is -0.133. The van der Waals surface area contributed by atoms with E-state index in [1.165, 1.54) is 12.8 Å². The SMILES string of the molecule is COc1ccc(S(=O)(=O)N2CCC3(CC2)N[C@H](CC(C)C)C(=O)N3CC2CC2)cc1. The normalized spacial score (nSPS) is 24.7. The van der Waals surface area contributed by atoms with Crippen LogP contribution in [0.4, 0.5) is 0 Å². The molecule has 3 aliphatic rings. The van der Waals surface area contributed by atoms with Crippen LogP contribution in [-0.4, -0.2) is 62.0 Å². The van der Waals surface area contributed by atoms with E-state index in [-0.39, 0.29) is 16.8 Å². The molecule has 0 bridgehead atoms. The molecule has 2 saturated heterocycles. The molecule has 1 N–H and O–H groups in total. The second-order valence-corrected chi connectivity index (χ2v) is 11.3. The Morgan fingerprint density at radius 1 is 1.17 bits per heavy atom. The molecule has 2 aliphatic heterocycles.